The fourth-order valence-corrected chi connectivity index (χ4v) is 4.78. The van der Waals surface area contributed by atoms with E-state index in [1.54, 1.807) is 19.1 Å². The molecule has 1 saturated carbocycles. The van der Waals surface area contributed by atoms with Crippen molar-refractivity contribution in [2.24, 2.45) is 0 Å². The van der Waals surface area contributed by atoms with Gasteiger partial charge in [-0.05, 0) is 73.6 Å². The first-order chi connectivity index (χ1) is 15.2. The first kappa shape index (κ1) is 22.4. The third-order valence-corrected chi connectivity index (χ3v) is 6.35. The lowest BCUT2D eigenvalue weighted by molar-refractivity contribution is -0.138. The molecule has 1 aliphatic rings. The zero-order valence-corrected chi connectivity index (χ0v) is 18.5. The lowest BCUT2D eigenvalue weighted by Crippen LogP contribution is -2.12. The van der Waals surface area contributed by atoms with Crippen molar-refractivity contribution in [2.75, 3.05) is 0 Å². The van der Waals surface area contributed by atoms with Gasteiger partial charge in [-0.3, -0.25) is 4.79 Å². The van der Waals surface area contributed by atoms with Crippen molar-refractivity contribution in [1.82, 2.24) is 4.57 Å². The van der Waals surface area contributed by atoms with Crippen LogP contribution in [0.25, 0.3) is 10.9 Å². The minimum atomic E-state index is -4.37. The Hall–Kier alpha value is -2.76. The summed E-state index contributed by atoms with van der Waals surface area (Å²) < 4.78 is 49.1. The maximum Gasteiger partial charge on any atom is 0.416 e. The second-order valence-corrected chi connectivity index (χ2v) is 8.83. The third kappa shape index (κ3) is 4.84. The molecule has 0 atom stereocenters. The number of aromatic nitrogens is 1. The van der Waals surface area contributed by atoms with Crippen molar-refractivity contribution in [2.45, 2.75) is 71.2 Å². The fraction of sp³-hybridized carbons (Fsp3) is 0.423. The van der Waals surface area contributed by atoms with Crippen LogP contribution in [-0.2, 0) is 24.1 Å². The summed E-state index contributed by atoms with van der Waals surface area (Å²) in [6.07, 6.45) is 1.68. The summed E-state index contributed by atoms with van der Waals surface area (Å²) in [6.45, 7) is 4.24. The van der Waals surface area contributed by atoms with Gasteiger partial charge < -0.3 is 9.30 Å². The molecule has 0 aliphatic heterocycles. The molecule has 0 saturated heterocycles. The van der Waals surface area contributed by atoms with Crippen molar-refractivity contribution in [1.29, 1.82) is 0 Å². The van der Waals surface area contributed by atoms with Crippen LogP contribution in [0.3, 0.4) is 0 Å². The smallest absolute Gasteiger partial charge is 0.416 e. The standard InChI is InChI=1S/C26H28F3NO2/c1-17-13-22(15-21-10-12-30(25(17)21)11-9-18(2)31)32-16-19-7-8-23(20-5-3-4-6-20)24(14-19)26(27,28)29/h7-8,10,12-15,20H,3-6,9,11,16H2,1-2H3. The maximum atomic E-state index is 13.7. The number of hydrogen-bond donors (Lipinski definition) is 0. The molecule has 1 fully saturated rings. The summed E-state index contributed by atoms with van der Waals surface area (Å²) in [5.41, 5.74) is 2.44. The normalized spacial score (nSPS) is 14.9. The Morgan fingerprint density at radius 1 is 1.12 bits per heavy atom. The van der Waals surface area contributed by atoms with E-state index in [0.717, 1.165) is 42.1 Å². The number of benzene rings is 2. The number of carbonyl (C=O) groups excluding carboxylic acids is 1. The Morgan fingerprint density at radius 2 is 1.88 bits per heavy atom. The van der Waals surface area contributed by atoms with Crippen LogP contribution in [0.15, 0.2) is 42.6 Å². The summed E-state index contributed by atoms with van der Waals surface area (Å²) in [4.78, 5) is 11.3. The van der Waals surface area contributed by atoms with Gasteiger partial charge in [-0.15, -0.1) is 0 Å². The van der Waals surface area contributed by atoms with Crippen LogP contribution in [0.4, 0.5) is 13.2 Å². The predicted molar refractivity (Wildman–Crippen MR) is 119 cm³/mol. The zero-order valence-electron chi connectivity index (χ0n) is 18.5. The van der Waals surface area contributed by atoms with E-state index in [0.29, 0.717) is 29.8 Å². The van der Waals surface area contributed by atoms with Gasteiger partial charge in [0.1, 0.15) is 18.1 Å². The lowest BCUT2D eigenvalue weighted by Gasteiger charge is -2.19. The summed E-state index contributed by atoms with van der Waals surface area (Å²) >= 11 is 0. The molecule has 1 heterocycles. The van der Waals surface area contributed by atoms with Gasteiger partial charge in [-0.25, -0.2) is 0 Å². The molecule has 170 valence electrons. The summed E-state index contributed by atoms with van der Waals surface area (Å²) in [5, 5.41) is 0.983. The molecule has 0 amide bonds. The highest BCUT2D eigenvalue weighted by Gasteiger charge is 2.36. The molecule has 0 radical (unpaired) electrons. The average Bonchev–Trinajstić information content (AvgIpc) is 3.40. The minimum Gasteiger partial charge on any atom is -0.489 e. The average molecular weight is 444 g/mol. The molecule has 3 aromatic rings. The highest BCUT2D eigenvalue weighted by molar-refractivity contribution is 5.85. The second kappa shape index (κ2) is 9.00. The molecule has 3 nitrogen and oxygen atoms in total. The van der Waals surface area contributed by atoms with E-state index >= 15 is 0 Å². The van der Waals surface area contributed by atoms with Gasteiger partial charge in [0.25, 0.3) is 0 Å². The van der Waals surface area contributed by atoms with Gasteiger partial charge in [-0.2, -0.15) is 13.2 Å². The molecular weight excluding hydrogens is 415 g/mol. The maximum absolute atomic E-state index is 13.7. The molecule has 32 heavy (non-hydrogen) atoms. The number of rotatable bonds is 7. The van der Waals surface area contributed by atoms with Crippen molar-refractivity contribution in [3.05, 3.63) is 64.8 Å². The van der Waals surface area contributed by atoms with Gasteiger partial charge in [0.2, 0.25) is 0 Å². The SMILES string of the molecule is CC(=O)CCn1ccc2cc(OCc3ccc(C4CCCC4)c(C(F)(F)F)c3)cc(C)c21. The minimum absolute atomic E-state index is 0.00121. The molecule has 6 heteroatoms. The van der Waals surface area contributed by atoms with Crippen LogP contribution in [0.1, 0.15) is 67.2 Å². The molecule has 0 bridgehead atoms. The molecule has 2 aromatic carbocycles. The Labute approximate surface area is 186 Å². The van der Waals surface area contributed by atoms with Crippen molar-refractivity contribution < 1.29 is 22.7 Å². The Balaban J connectivity index is 1.53. The number of hydrogen-bond acceptors (Lipinski definition) is 2. The summed E-state index contributed by atoms with van der Waals surface area (Å²) in [6, 6.07) is 10.4. The number of ketones is 1. The number of ether oxygens (including phenoxy) is 1. The number of carbonyl (C=O) groups is 1. The first-order valence-corrected chi connectivity index (χ1v) is 11.1. The molecule has 0 unspecified atom stereocenters. The van der Waals surface area contributed by atoms with E-state index in [1.165, 1.54) is 6.07 Å². The molecule has 4 rings (SSSR count). The zero-order chi connectivity index (χ0) is 22.9. The van der Waals surface area contributed by atoms with E-state index in [1.807, 2.05) is 35.9 Å². The van der Waals surface area contributed by atoms with Crippen molar-refractivity contribution in [3.63, 3.8) is 0 Å². The van der Waals surface area contributed by atoms with Crippen molar-refractivity contribution >= 4 is 16.7 Å². The van der Waals surface area contributed by atoms with Crippen molar-refractivity contribution in [3.8, 4) is 5.75 Å². The molecule has 1 aromatic heterocycles. The molecule has 0 spiro atoms. The Bertz CT molecular complexity index is 1120. The quantitative estimate of drug-likeness (QED) is 0.387. The molecule has 0 N–H and O–H groups in total. The number of nitrogens with zero attached hydrogens (tertiary/aromatic N) is 1. The Kier molecular flexibility index (Phi) is 6.31. The van der Waals surface area contributed by atoms with E-state index in [4.69, 9.17) is 4.74 Å². The number of fused-ring (bicyclic) bond motifs is 1. The molecule has 1 aliphatic carbocycles. The van der Waals surface area contributed by atoms with Gasteiger partial charge in [0, 0.05) is 24.5 Å². The second-order valence-electron chi connectivity index (χ2n) is 8.83. The van der Waals surface area contributed by atoms with Gasteiger partial charge >= 0.3 is 6.18 Å². The fourth-order valence-electron chi connectivity index (χ4n) is 4.78. The van der Waals surface area contributed by atoms with Crippen LogP contribution in [-0.4, -0.2) is 10.4 Å². The van der Waals surface area contributed by atoms with Gasteiger partial charge in [0.05, 0.1) is 11.1 Å². The monoisotopic (exact) mass is 443 g/mol. The largest absolute Gasteiger partial charge is 0.489 e. The van der Waals surface area contributed by atoms with E-state index < -0.39 is 11.7 Å². The number of halogens is 3. The third-order valence-electron chi connectivity index (χ3n) is 6.35. The predicted octanol–water partition coefficient (Wildman–Crippen LogP) is 7.18. The molecular formula is C26H28F3NO2. The van der Waals surface area contributed by atoms with E-state index in [9.17, 15) is 18.0 Å². The first-order valence-electron chi connectivity index (χ1n) is 11.1. The number of alkyl halides is 3. The van der Waals surface area contributed by atoms with E-state index in [2.05, 4.69) is 0 Å². The highest BCUT2D eigenvalue weighted by Crippen LogP contribution is 2.42. The summed E-state index contributed by atoms with van der Waals surface area (Å²) in [7, 11) is 0. The number of Topliss-reactive ketones (excluding diaryl/α,β-unsaturated/α-hetero) is 1. The Morgan fingerprint density at radius 3 is 2.56 bits per heavy atom. The van der Waals surface area contributed by atoms with Crippen LogP contribution in [0.2, 0.25) is 0 Å². The van der Waals surface area contributed by atoms with Crippen LogP contribution < -0.4 is 4.74 Å². The number of aryl methyl sites for hydroxylation is 2. The van der Waals surface area contributed by atoms with Crippen LogP contribution in [0, 0.1) is 6.92 Å². The summed E-state index contributed by atoms with van der Waals surface area (Å²) in [5.74, 6) is 0.757. The topological polar surface area (TPSA) is 31.2 Å². The van der Waals surface area contributed by atoms with Crippen LogP contribution >= 0.6 is 0 Å². The highest BCUT2D eigenvalue weighted by atomic mass is 19.4. The van der Waals surface area contributed by atoms with Gasteiger partial charge in [-0.1, -0.05) is 25.0 Å². The van der Waals surface area contributed by atoms with Crippen LogP contribution in [0.5, 0.6) is 5.75 Å². The van der Waals surface area contributed by atoms with Gasteiger partial charge in [0.15, 0.2) is 0 Å². The lowest BCUT2D eigenvalue weighted by atomic mass is 9.91. The van der Waals surface area contributed by atoms with E-state index in [-0.39, 0.29) is 18.3 Å².